The average molecular weight is 425 g/mol. The summed E-state index contributed by atoms with van der Waals surface area (Å²) in [5.41, 5.74) is 6.41. The van der Waals surface area contributed by atoms with Gasteiger partial charge in [0.2, 0.25) is 0 Å². The second kappa shape index (κ2) is 8.30. The number of aromatic nitrogens is 3. The molecule has 1 aliphatic rings. The van der Waals surface area contributed by atoms with Crippen LogP contribution in [0.2, 0.25) is 0 Å². The number of aryl methyl sites for hydroxylation is 1. The Kier molecular flexibility index (Phi) is 5.19. The van der Waals surface area contributed by atoms with Crippen molar-refractivity contribution >= 4 is 11.7 Å². The molecule has 4 aromatic rings. The lowest BCUT2D eigenvalue weighted by Crippen LogP contribution is -2.38. The second-order valence-corrected chi connectivity index (χ2v) is 7.97. The van der Waals surface area contributed by atoms with Crippen LogP contribution in [0.1, 0.15) is 32.6 Å². The van der Waals surface area contributed by atoms with Crippen molar-refractivity contribution in [3.8, 4) is 11.4 Å². The molecule has 3 heterocycles. The minimum atomic E-state index is -0.0291. The zero-order valence-electron chi connectivity index (χ0n) is 18.2. The van der Waals surface area contributed by atoms with E-state index in [4.69, 9.17) is 4.74 Å². The van der Waals surface area contributed by atoms with Crippen LogP contribution in [0, 0.1) is 6.92 Å². The number of pyridine rings is 1. The summed E-state index contributed by atoms with van der Waals surface area (Å²) in [5, 5.41) is 4.28. The number of carbonyl (C=O) groups excluding carboxylic acids is 1. The van der Waals surface area contributed by atoms with Gasteiger partial charge in [0.1, 0.15) is 0 Å². The van der Waals surface area contributed by atoms with E-state index in [2.05, 4.69) is 53.4 Å². The zero-order valence-corrected chi connectivity index (χ0v) is 18.2. The summed E-state index contributed by atoms with van der Waals surface area (Å²) < 4.78 is 7.27. The minimum absolute atomic E-state index is 0.0291. The molecule has 0 aliphatic carbocycles. The Morgan fingerprint density at radius 3 is 2.66 bits per heavy atom. The Bertz CT molecular complexity index is 1260. The maximum Gasteiger partial charge on any atom is 0.259 e. The van der Waals surface area contributed by atoms with Crippen molar-refractivity contribution in [1.82, 2.24) is 14.8 Å². The van der Waals surface area contributed by atoms with E-state index in [-0.39, 0.29) is 5.91 Å². The first kappa shape index (κ1) is 20.0. The van der Waals surface area contributed by atoms with Gasteiger partial charge in [-0.1, -0.05) is 18.2 Å². The fourth-order valence-corrected chi connectivity index (χ4v) is 4.24. The van der Waals surface area contributed by atoms with Gasteiger partial charge in [-0.15, -0.1) is 0 Å². The van der Waals surface area contributed by atoms with Gasteiger partial charge in [0.25, 0.3) is 5.91 Å². The second-order valence-electron chi connectivity index (χ2n) is 7.97. The number of fused-ring (bicyclic) bond motifs is 1. The maximum absolute atomic E-state index is 13.4. The SMILES string of the molecule is COc1cccnc1N1CCc2cc(C)c(Cc3ccc(-n4cccn4)cc3)cc2C1=O. The molecule has 0 bridgehead atoms. The highest BCUT2D eigenvalue weighted by Crippen LogP contribution is 2.31. The number of hydrogen-bond acceptors (Lipinski definition) is 4. The van der Waals surface area contributed by atoms with E-state index in [9.17, 15) is 4.79 Å². The molecule has 5 rings (SSSR count). The van der Waals surface area contributed by atoms with Crippen LogP contribution in [0.3, 0.4) is 0 Å². The molecule has 6 nitrogen and oxygen atoms in total. The first-order chi connectivity index (χ1) is 15.6. The molecule has 2 aromatic heterocycles. The third-order valence-electron chi connectivity index (χ3n) is 5.97. The van der Waals surface area contributed by atoms with Crippen LogP contribution in [0.15, 0.2) is 73.2 Å². The molecule has 0 N–H and O–H groups in total. The van der Waals surface area contributed by atoms with E-state index < -0.39 is 0 Å². The first-order valence-corrected chi connectivity index (χ1v) is 10.7. The number of carbonyl (C=O) groups is 1. The number of rotatable bonds is 5. The third-order valence-corrected chi connectivity index (χ3v) is 5.97. The Hall–Kier alpha value is -3.93. The summed E-state index contributed by atoms with van der Waals surface area (Å²) in [7, 11) is 1.60. The molecule has 1 amide bonds. The number of methoxy groups -OCH3 is 1. The molecule has 0 saturated heterocycles. The van der Waals surface area contributed by atoms with Gasteiger partial charge in [0.05, 0.1) is 12.8 Å². The number of benzene rings is 2. The van der Waals surface area contributed by atoms with Crippen LogP contribution in [-0.4, -0.2) is 34.3 Å². The molecule has 160 valence electrons. The van der Waals surface area contributed by atoms with E-state index >= 15 is 0 Å². The summed E-state index contributed by atoms with van der Waals surface area (Å²) in [6.45, 7) is 2.71. The van der Waals surface area contributed by atoms with Crippen LogP contribution < -0.4 is 9.64 Å². The average Bonchev–Trinajstić information content (AvgIpc) is 3.36. The molecule has 0 saturated carbocycles. The molecule has 0 atom stereocenters. The monoisotopic (exact) mass is 424 g/mol. The highest BCUT2D eigenvalue weighted by Gasteiger charge is 2.29. The van der Waals surface area contributed by atoms with Crippen molar-refractivity contribution < 1.29 is 9.53 Å². The molecule has 0 radical (unpaired) electrons. The fraction of sp³-hybridized carbons (Fsp3) is 0.192. The van der Waals surface area contributed by atoms with Crippen LogP contribution >= 0.6 is 0 Å². The van der Waals surface area contributed by atoms with E-state index in [1.807, 2.05) is 29.1 Å². The molecule has 2 aromatic carbocycles. The highest BCUT2D eigenvalue weighted by atomic mass is 16.5. The highest BCUT2D eigenvalue weighted by molar-refractivity contribution is 6.08. The first-order valence-electron chi connectivity index (χ1n) is 10.7. The van der Waals surface area contributed by atoms with Crippen molar-refractivity contribution in [2.45, 2.75) is 19.8 Å². The largest absolute Gasteiger partial charge is 0.493 e. The lowest BCUT2D eigenvalue weighted by Gasteiger charge is -2.29. The summed E-state index contributed by atoms with van der Waals surface area (Å²) in [4.78, 5) is 19.5. The number of anilines is 1. The van der Waals surface area contributed by atoms with Gasteiger partial charge < -0.3 is 4.74 Å². The summed E-state index contributed by atoms with van der Waals surface area (Å²) >= 11 is 0. The molecule has 32 heavy (non-hydrogen) atoms. The number of ether oxygens (including phenoxy) is 1. The summed E-state index contributed by atoms with van der Waals surface area (Å²) in [6, 6.07) is 18.1. The van der Waals surface area contributed by atoms with E-state index in [0.29, 0.717) is 18.1 Å². The van der Waals surface area contributed by atoms with Crippen LogP contribution in [0.5, 0.6) is 5.75 Å². The van der Waals surface area contributed by atoms with Crippen molar-refractivity contribution in [1.29, 1.82) is 0 Å². The summed E-state index contributed by atoms with van der Waals surface area (Å²) in [6.07, 6.45) is 6.94. The Labute approximate surface area is 187 Å². The Balaban J connectivity index is 1.43. The molecule has 0 unspecified atom stereocenters. The summed E-state index contributed by atoms with van der Waals surface area (Å²) in [5.74, 6) is 1.15. The number of hydrogen-bond donors (Lipinski definition) is 0. The molecule has 0 spiro atoms. The molecular formula is C26H24N4O2. The smallest absolute Gasteiger partial charge is 0.259 e. The zero-order chi connectivity index (χ0) is 22.1. The van der Waals surface area contributed by atoms with E-state index in [0.717, 1.165) is 35.2 Å². The minimum Gasteiger partial charge on any atom is -0.493 e. The van der Waals surface area contributed by atoms with Gasteiger partial charge in [0.15, 0.2) is 11.6 Å². The van der Waals surface area contributed by atoms with E-state index in [1.54, 1.807) is 24.4 Å². The molecular weight excluding hydrogens is 400 g/mol. The lowest BCUT2D eigenvalue weighted by molar-refractivity contribution is 0.0979. The van der Waals surface area contributed by atoms with E-state index in [1.165, 1.54) is 11.1 Å². The lowest BCUT2D eigenvalue weighted by atomic mass is 9.91. The van der Waals surface area contributed by atoms with Gasteiger partial charge in [-0.05, 0) is 78.4 Å². The van der Waals surface area contributed by atoms with Gasteiger partial charge in [-0.25, -0.2) is 9.67 Å². The standard InChI is InChI=1S/C26H24N4O2/c1-18-15-20-10-14-29(25-24(32-2)5-3-11-27-25)26(31)23(20)17-21(18)16-19-6-8-22(9-7-19)30-13-4-12-28-30/h3-9,11-13,15,17H,10,14,16H2,1-2H3. The quantitative estimate of drug-likeness (QED) is 0.477. The number of nitrogens with zero attached hydrogens (tertiary/aromatic N) is 4. The van der Waals surface area contributed by atoms with Crippen LogP contribution in [0.4, 0.5) is 5.82 Å². The normalized spacial score (nSPS) is 13.2. The van der Waals surface area contributed by atoms with Gasteiger partial charge in [0, 0.05) is 30.7 Å². The molecule has 1 aliphatic heterocycles. The Morgan fingerprint density at radius 2 is 1.91 bits per heavy atom. The fourth-order valence-electron chi connectivity index (χ4n) is 4.24. The van der Waals surface area contributed by atoms with Crippen molar-refractivity contribution in [3.63, 3.8) is 0 Å². The van der Waals surface area contributed by atoms with Gasteiger partial charge in [-0.3, -0.25) is 9.69 Å². The van der Waals surface area contributed by atoms with Crippen LogP contribution in [-0.2, 0) is 12.8 Å². The van der Waals surface area contributed by atoms with Crippen LogP contribution in [0.25, 0.3) is 5.69 Å². The van der Waals surface area contributed by atoms with Gasteiger partial charge >= 0.3 is 0 Å². The van der Waals surface area contributed by atoms with Crippen molar-refractivity contribution in [3.05, 3.63) is 101 Å². The van der Waals surface area contributed by atoms with Gasteiger partial charge in [-0.2, -0.15) is 5.10 Å². The predicted molar refractivity (Wildman–Crippen MR) is 124 cm³/mol. The molecule has 0 fully saturated rings. The number of amides is 1. The van der Waals surface area contributed by atoms with Crippen molar-refractivity contribution in [2.75, 3.05) is 18.6 Å². The molecule has 6 heteroatoms. The maximum atomic E-state index is 13.4. The Morgan fingerprint density at radius 1 is 1.06 bits per heavy atom. The predicted octanol–water partition coefficient (Wildman–Crippen LogP) is 4.38. The third kappa shape index (κ3) is 3.64. The topological polar surface area (TPSA) is 60.2 Å². The van der Waals surface area contributed by atoms with Crippen molar-refractivity contribution in [2.24, 2.45) is 0 Å².